The fourth-order valence-electron chi connectivity index (χ4n) is 2.34. The topological polar surface area (TPSA) is 9.23 Å². The third-order valence-electron chi connectivity index (χ3n) is 3.36. The molecule has 0 saturated heterocycles. The van der Waals surface area contributed by atoms with E-state index in [1.165, 1.54) is 25.3 Å². The number of aryl methyl sites for hydroxylation is 1. The van der Waals surface area contributed by atoms with Crippen LogP contribution in [0.15, 0.2) is 60.7 Å². The van der Waals surface area contributed by atoms with E-state index < -0.39 is 0 Å². The summed E-state index contributed by atoms with van der Waals surface area (Å²) in [5, 5.41) is 2.74. The summed E-state index contributed by atoms with van der Waals surface area (Å²) in [5.74, 6) is 0.915. The van der Waals surface area contributed by atoms with Gasteiger partial charge in [0.1, 0.15) is 0 Å². The number of methoxy groups -OCH3 is 1. The first-order valence-corrected chi connectivity index (χ1v) is 8.29. The van der Waals surface area contributed by atoms with Gasteiger partial charge in [-0.1, -0.05) is 0 Å². The Labute approximate surface area is 125 Å². The second-order valence-electron chi connectivity index (χ2n) is 4.71. The molecule has 3 rings (SSSR count). The van der Waals surface area contributed by atoms with Crippen LogP contribution in [0.3, 0.4) is 0 Å². The average molecular weight is 327 g/mol. The molecule has 0 fully saturated rings. The molecule has 0 aliphatic carbocycles. The van der Waals surface area contributed by atoms with Gasteiger partial charge >= 0.3 is 125 Å². The summed E-state index contributed by atoms with van der Waals surface area (Å²) in [5.41, 5.74) is 1.36. The average Bonchev–Trinajstić information content (AvgIpc) is 2.48. The molecule has 1 nitrogen and oxygen atoms in total. The van der Waals surface area contributed by atoms with E-state index in [1.807, 2.05) is 12.1 Å². The summed E-state index contributed by atoms with van der Waals surface area (Å²) in [7, 11) is 1.70. The molecule has 0 aromatic heterocycles. The van der Waals surface area contributed by atoms with Crippen molar-refractivity contribution < 1.29 is 4.74 Å². The molecule has 0 heterocycles. The van der Waals surface area contributed by atoms with E-state index in [0.29, 0.717) is 15.0 Å². The summed E-state index contributed by atoms with van der Waals surface area (Å²) in [4.78, 5) is 0. The van der Waals surface area contributed by atoms with Gasteiger partial charge in [-0.2, -0.15) is 0 Å². The van der Waals surface area contributed by atoms with Crippen LogP contribution in [-0.2, 0) is 0 Å². The van der Waals surface area contributed by atoms with E-state index in [1.54, 1.807) is 7.11 Å². The van der Waals surface area contributed by atoms with Crippen LogP contribution in [0.4, 0.5) is 0 Å². The molecule has 3 aromatic carbocycles. The van der Waals surface area contributed by atoms with E-state index >= 15 is 0 Å². The fourth-order valence-corrected chi connectivity index (χ4v) is 4.55. The minimum atomic E-state index is 0.317. The summed E-state index contributed by atoms with van der Waals surface area (Å²) in [6, 6.07) is 21.5. The molecule has 20 heavy (non-hydrogen) atoms. The van der Waals surface area contributed by atoms with Crippen molar-refractivity contribution in [1.82, 2.24) is 0 Å². The van der Waals surface area contributed by atoms with E-state index in [9.17, 15) is 0 Å². The first kappa shape index (κ1) is 13.2. The Kier molecular flexibility index (Phi) is 3.77. The van der Waals surface area contributed by atoms with Crippen LogP contribution in [0.1, 0.15) is 5.56 Å². The minimum absolute atomic E-state index is 0.317. The summed E-state index contributed by atoms with van der Waals surface area (Å²) < 4.78 is 8.03. The fraction of sp³-hybridized carbons (Fsp3) is 0.111. The third-order valence-corrected chi connectivity index (χ3v) is 5.60. The second kappa shape index (κ2) is 5.70. The van der Waals surface area contributed by atoms with Gasteiger partial charge in [-0.25, -0.2) is 0 Å². The molecule has 3 aromatic rings. The van der Waals surface area contributed by atoms with Gasteiger partial charge in [0.05, 0.1) is 0 Å². The van der Waals surface area contributed by atoms with Crippen molar-refractivity contribution in [3.8, 4) is 5.75 Å². The Morgan fingerprint density at radius 1 is 0.850 bits per heavy atom. The first-order valence-electron chi connectivity index (χ1n) is 6.58. The number of hydrogen-bond donors (Lipinski definition) is 0. The maximum absolute atomic E-state index is 5.22. The Morgan fingerprint density at radius 3 is 2.25 bits per heavy atom. The summed E-state index contributed by atoms with van der Waals surface area (Å²) in [6.45, 7) is 2.19. The molecule has 0 atom stereocenters. The molecule has 0 unspecified atom stereocenters. The molecule has 0 aliphatic rings. The van der Waals surface area contributed by atoms with E-state index in [-0.39, 0.29) is 0 Å². The number of benzene rings is 3. The number of hydrogen-bond acceptors (Lipinski definition) is 1. The molecular formula is C18H16OSe. The Hall–Kier alpha value is -1.76. The van der Waals surface area contributed by atoms with E-state index in [0.717, 1.165) is 5.75 Å². The van der Waals surface area contributed by atoms with Crippen molar-refractivity contribution in [2.75, 3.05) is 7.11 Å². The van der Waals surface area contributed by atoms with E-state index in [2.05, 4.69) is 55.5 Å². The van der Waals surface area contributed by atoms with Gasteiger partial charge in [0.2, 0.25) is 0 Å². The molecule has 0 aliphatic heterocycles. The van der Waals surface area contributed by atoms with Crippen LogP contribution < -0.4 is 13.7 Å². The van der Waals surface area contributed by atoms with Crippen molar-refractivity contribution in [2.24, 2.45) is 0 Å². The standard InChI is InChI=1S/C18H16OSe/c1-13-5-3-6-14-7-4-8-17(18(13)14)20-16-11-9-15(19-2)10-12-16/h3-12H,1-2H3. The molecule has 0 radical (unpaired) electrons. The van der Waals surface area contributed by atoms with Crippen molar-refractivity contribution in [1.29, 1.82) is 0 Å². The molecule has 0 N–H and O–H groups in total. The zero-order chi connectivity index (χ0) is 13.9. The van der Waals surface area contributed by atoms with Crippen molar-refractivity contribution in [3.05, 3.63) is 66.2 Å². The maximum atomic E-state index is 5.22. The molecule has 2 heteroatoms. The SMILES string of the molecule is COc1ccc([Se]c2cccc3cccc(C)c23)cc1. The van der Waals surface area contributed by atoms with Gasteiger partial charge in [-0.15, -0.1) is 0 Å². The van der Waals surface area contributed by atoms with Gasteiger partial charge in [-0.3, -0.25) is 0 Å². The normalized spacial score (nSPS) is 10.7. The van der Waals surface area contributed by atoms with Crippen molar-refractivity contribution >= 4 is 34.7 Å². The number of ether oxygens (including phenoxy) is 1. The van der Waals surface area contributed by atoms with Crippen molar-refractivity contribution in [3.63, 3.8) is 0 Å². The molecule has 0 saturated carbocycles. The summed E-state index contributed by atoms with van der Waals surface area (Å²) in [6.07, 6.45) is 0. The van der Waals surface area contributed by atoms with Crippen LogP contribution in [0, 0.1) is 6.92 Å². The zero-order valence-electron chi connectivity index (χ0n) is 11.6. The van der Waals surface area contributed by atoms with Crippen LogP contribution in [0.5, 0.6) is 5.75 Å². The Morgan fingerprint density at radius 2 is 1.55 bits per heavy atom. The number of rotatable bonds is 3. The number of fused-ring (bicyclic) bond motifs is 1. The van der Waals surface area contributed by atoms with Crippen LogP contribution >= 0.6 is 0 Å². The Balaban J connectivity index is 2.01. The van der Waals surface area contributed by atoms with Crippen LogP contribution in [0.2, 0.25) is 0 Å². The van der Waals surface area contributed by atoms with Gasteiger partial charge in [-0.05, 0) is 0 Å². The molecular weight excluding hydrogens is 311 g/mol. The Bertz CT molecular complexity index is 727. The third kappa shape index (κ3) is 2.58. The van der Waals surface area contributed by atoms with Crippen LogP contribution in [-0.4, -0.2) is 22.1 Å². The predicted molar refractivity (Wildman–Crippen MR) is 86.7 cm³/mol. The van der Waals surface area contributed by atoms with Crippen molar-refractivity contribution in [2.45, 2.75) is 6.92 Å². The molecule has 0 spiro atoms. The van der Waals surface area contributed by atoms with Gasteiger partial charge in [0.25, 0.3) is 0 Å². The monoisotopic (exact) mass is 328 g/mol. The summed E-state index contributed by atoms with van der Waals surface area (Å²) >= 11 is 0.317. The molecule has 100 valence electrons. The zero-order valence-corrected chi connectivity index (χ0v) is 13.3. The van der Waals surface area contributed by atoms with Gasteiger partial charge in [0, 0.05) is 0 Å². The first-order chi connectivity index (χ1) is 9.78. The van der Waals surface area contributed by atoms with Gasteiger partial charge < -0.3 is 0 Å². The second-order valence-corrected chi connectivity index (χ2v) is 7.05. The quantitative estimate of drug-likeness (QED) is 0.672. The molecule has 0 bridgehead atoms. The van der Waals surface area contributed by atoms with E-state index in [4.69, 9.17) is 4.74 Å². The van der Waals surface area contributed by atoms with Crippen LogP contribution in [0.25, 0.3) is 10.8 Å². The predicted octanol–water partition coefficient (Wildman–Crippen LogP) is 2.81. The molecule has 0 amide bonds. The van der Waals surface area contributed by atoms with Gasteiger partial charge in [0.15, 0.2) is 0 Å².